The van der Waals surface area contributed by atoms with Gasteiger partial charge in [-0.3, -0.25) is 4.79 Å². The quantitative estimate of drug-likeness (QED) is 0.694. The Morgan fingerprint density at radius 1 is 1.31 bits per heavy atom. The number of nitrogens with zero attached hydrogens (tertiary/aromatic N) is 5. The molecule has 2 N–H and O–H groups in total. The molecule has 0 spiro atoms. The molecule has 0 atom stereocenters. The zero-order chi connectivity index (χ0) is 20.0. The van der Waals surface area contributed by atoms with Gasteiger partial charge in [0.15, 0.2) is 0 Å². The van der Waals surface area contributed by atoms with Crippen molar-refractivity contribution < 1.29 is 9.53 Å². The Kier molecular flexibility index (Phi) is 4.31. The van der Waals surface area contributed by atoms with Gasteiger partial charge in [0.05, 0.1) is 24.4 Å². The minimum Gasteiger partial charge on any atom is -0.493 e. The summed E-state index contributed by atoms with van der Waals surface area (Å²) in [5.74, 6) is 1.36. The lowest BCUT2D eigenvalue weighted by molar-refractivity contribution is 0.0924. The number of nitrogens with one attached hydrogen (secondary N) is 2. The van der Waals surface area contributed by atoms with E-state index in [1.165, 1.54) is 6.33 Å². The summed E-state index contributed by atoms with van der Waals surface area (Å²) in [5, 5.41) is 15.2. The molecule has 1 saturated heterocycles. The highest BCUT2D eigenvalue weighted by Gasteiger charge is 2.24. The first-order valence-corrected chi connectivity index (χ1v) is 9.87. The van der Waals surface area contributed by atoms with E-state index < -0.39 is 0 Å². The fourth-order valence-corrected chi connectivity index (χ4v) is 3.62. The van der Waals surface area contributed by atoms with Gasteiger partial charge in [0.1, 0.15) is 12.1 Å². The van der Waals surface area contributed by atoms with E-state index in [-0.39, 0.29) is 18.0 Å². The number of hydrogen-bond acceptors (Lipinski definition) is 6. The van der Waals surface area contributed by atoms with Crippen molar-refractivity contribution >= 4 is 5.91 Å². The van der Waals surface area contributed by atoms with Gasteiger partial charge < -0.3 is 15.4 Å². The van der Waals surface area contributed by atoms with E-state index >= 15 is 0 Å². The van der Waals surface area contributed by atoms with Crippen LogP contribution in [-0.2, 0) is 6.42 Å². The van der Waals surface area contributed by atoms with Crippen LogP contribution in [0.5, 0.6) is 5.75 Å². The fraction of sp³-hybridized carbons (Fsp3) is 0.400. The Bertz CT molecular complexity index is 1060. The smallest absolute Gasteiger partial charge is 0.251 e. The van der Waals surface area contributed by atoms with Crippen molar-refractivity contribution in [2.75, 3.05) is 19.7 Å². The molecule has 29 heavy (non-hydrogen) atoms. The Labute approximate surface area is 168 Å². The molecule has 2 aromatic heterocycles. The molecule has 2 aliphatic rings. The maximum absolute atomic E-state index is 12.6. The number of fused-ring (bicyclic) bond motifs is 3. The molecule has 0 unspecified atom stereocenters. The van der Waals surface area contributed by atoms with Crippen LogP contribution in [0.15, 0.2) is 30.7 Å². The van der Waals surface area contributed by atoms with Crippen molar-refractivity contribution in [1.29, 1.82) is 0 Å². The van der Waals surface area contributed by atoms with Crippen molar-refractivity contribution in [1.82, 2.24) is 35.2 Å². The normalized spacial score (nSPS) is 15.8. The molecule has 2 aliphatic heterocycles. The van der Waals surface area contributed by atoms with Gasteiger partial charge in [0, 0.05) is 42.4 Å². The molecule has 4 heterocycles. The highest BCUT2D eigenvalue weighted by Crippen LogP contribution is 2.36. The molecular weight excluding hydrogens is 370 g/mol. The summed E-state index contributed by atoms with van der Waals surface area (Å²) in [4.78, 5) is 17.0. The van der Waals surface area contributed by atoms with E-state index in [1.54, 1.807) is 4.68 Å². The van der Waals surface area contributed by atoms with Crippen molar-refractivity contribution in [3.63, 3.8) is 0 Å². The van der Waals surface area contributed by atoms with Gasteiger partial charge in [-0.15, -0.1) is 0 Å². The third kappa shape index (κ3) is 3.17. The summed E-state index contributed by atoms with van der Waals surface area (Å²) in [7, 11) is 0. The highest BCUT2D eigenvalue weighted by atomic mass is 16.5. The Morgan fingerprint density at radius 3 is 2.93 bits per heavy atom. The SMILES string of the molecule is CC(C)n1ncnc1-n1cc2c(n1)CCOc1ccc(C(=O)NC3CNC3)cc1-2. The lowest BCUT2D eigenvalue weighted by Crippen LogP contribution is -2.56. The molecule has 150 valence electrons. The molecule has 9 nitrogen and oxygen atoms in total. The number of benzene rings is 1. The summed E-state index contributed by atoms with van der Waals surface area (Å²) >= 11 is 0. The summed E-state index contributed by atoms with van der Waals surface area (Å²) in [6, 6.07) is 5.93. The number of aromatic nitrogens is 5. The van der Waals surface area contributed by atoms with Gasteiger partial charge in [-0.2, -0.15) is 15.2 Å². The molecular formula is C20H23N7O2. The van der Waals surface area contributed by atoms with Gasteiger partial charge in [0.25, 0.3) is 5.91 Å². The average Bonchev–Trinajstić information content (AvgIpc) is 3.28. The minimum atomic E-state index is -0.0722. The van der Waals surface area contributed by atoms with Crippen molar-refractivity contribution in [3.8, 4) is 22.8 Å². The van der Waals surface area contributed by atoms with Crippen LogP contribution in [0, 0.1) is 0 Å². The Balaban J connectivity index is 1.54. The van der Waals surface area contributed by atoms with Gasteiger partial charge in [-0.05, 0) is 32.0 Å². The third-order valence-corrected chi connectivity index (χ3v) is 5.28. The second kappa shape index (κ2) is 7.00. The number of hydrogen-bond donors (Lipinski definition) is 2. The predicted octanol–water partition coefficient (Wildman–Crippen LogP) is 1.35. The highest BCUT2D eigenvalue weighted by molar-refractivity contribution is 5.96. The number of carbonyl (C=O) groups excluding carboxylic acids is 1. The van der Waals surface area contributed by atoms with Crippen molar-refractivity contribution in [2.24, 2.45) is 0 Å². The maximum Gasteiger partial charge on any atom is 0.251 e. The van der Waals surface area contributed by atoms with Crippen LogP contribution < -0.4 is 15.4 Å². The van der Waals surface area contributed by atoms with Gasteiger partial charge in [0.2, 0.25) is 5.95 Å². The maximum atomic E-state index is 12.6. The van der Waals surface area contributed by atoms with E-state index in [1.807, 2.05) is 29.1 Å². The minimum absolute atomic E-state index is 0.0722. The first-order chi connectivity index (χ1) is 14.1. The first kappa shape index (κ1) is 17.9. The summed E-state index contributed by atoms with van der Waals surface area (Å²) in [5.41, 5.74) is 3.36. The predicted molar refractivity (Wildman–Crippen MR) is 106 cm³/mol. The van der Waals surface area contributed by atoms with Gasteiger partial charge in [-0.1, -0.05) is 0 Å². The molecule has 5 rings (SSSR count). The van der Waals surface area contributed by atoms with Crippen LogP contribution in [0.3, 0.4) is 0 Å². The monoisotopic (exact) mass is 393 g/mol. The molecule has 1 amide bonds. The first-order valence-electron chi connectivity index (χ1n) is 9.87. The van der Waals surface area contributed by atoms with E-state index in [0.29, 0.717) is 24.5 Å². The molecule has 3 aromatic rings. The standard InChI is InChI=1S/C20H23N7O2/c1-12(2)27-20(22-11-23-27)26-10-16-15-7-13(19(28)24-14-8-21-9-14)3-4-18(15)29-6-5-17(16)25-26/h3-4,7,10-12,14,21H,5-6,8-9H2,1-2H3,(H,24,28). The molecule has 1 aromatic carbocycles. The molecule has 0 radical (unpaired) electrons. The summed E-state index contributed by atoms with van der Waals surface area (Å²) < 4.78 is 9.50. The summed E-state index contributed by atoms with van der Waals surface area (Å²) in [6.07, 6.45) is 4.17. The lowest BCUT2D eigenvalue weighted by Gasteiger charge is -2.28. The molecule has 0 saturated carbocycles. The molecule has 9 heteroatoms. The number of rotatable bonds is 4. The fourth-order valence-electron chi connectivity index (χ4n) is 3.62. The topological polar surface area (TPSA) is 98.9 Å². The zero-order valence-electron chi connectivity index (χ0n) is 16.4. The lowest BCUT2D eigenvalue weighted by atomic mass is 10.0. The van der Waals surface area contributed by atoms with Crippen LogP contribution in [0.4, 0.5) is 0 Å². The van der Waals surface area contributed by atoms with Gasteiger partial charge >= 0.3 is 0 Å². The molecule has 0 bridgehead atoms. The third-order valence-electron chi connectivity index (χ3n) is 5.28. The van der Waals surface area contributed by atoms with Crippen LogP contribution in [0.1, 0.15) is 35.9 Å². The van der Waals surface area contributed by atoms with Crippen molar-refractivity contribution in [2.45, 2.75) is 32.4 Å². The largest absolute Gasteiger partial charge is 0.493 e. The summed E-state index contributed by atoms with van der Waals surface area (Å²) in [6.45, 7) is 6.27. The van der Waals surface area contributed by atoms with Crippen LogP contribution >= 0.6 is 0 Å². The number of carbonyl (C=O) groups is 1. The average molecular weight is 393 g/mol. The second-order valence-corrected chi connectivity index (χ2v) is 7.67. The van der Waals surface area contributed by atoms with Crippen LogP contribution in [-0.4, -0.2) is 56.2 Å². The van der Waals surface area contributed by atoms with E-state index in [4.69, 9.17) is 9.84 Å². The second-order valence-electron chi connectivity index (χ2n) is 7.67. The Hall–Kier alpha value is -3.20. The van der Waals surface area contributed by atoms with Crippen LogP contribution in [0.25, 0.3) is 17.1 Å². The van der Waals surface area contributed by atoms with Crippen LogP contribution in [0.2, 0.25) is 0 Å². The van der Waals surface area contributed by atoms with E-state index in [2.05, 4.69) is 34.6 Å². The number of amides is 1. The van der Waals surface area contributed by atoms with Gasteiger partial charge in [-0.25, -0.2) is 9.36 Å². The van der Waals surface area contributed by atoms with E-state index in [9.17, 15) is 4.79 Å². The van der Waals surface area contributed by atoms with Crippen molar-refractivity contribution in [3.05, 3.63) is 42.0 Å². The zero-order valence-corrected chi connectivity index (χ0v) is 16.4. The molecule has 0 aliphatic carbocycles. The molecule has 1 fully saturated rings. The Morgan fingerprint density at radius 2 is 2.17 bits per heavy atom. The number of ether oxygens (including phenoxy) is 1. The van der Waals surface area contributed by atoms with E-state index in [0.717, 1.165) is 35.7 Å².